The molecule has 0 N–H and O–H groups in total. The lowest BCUT2D eigenvalue weighted by Gasteiger charge is -2.36. The fourth-order valence-corrected chi connectivity index (χ4v) is 7.02. The Kier molecular flexibility index (Phi) is 10.1. The number of benzene rings is 4. The van der Waals surface area contributed by atoms with E-state index in [0.717, 1.165) is 48.7 Å². The fourth-order valence-electron chi connectivity index (χ4n) is 5.25. The van der Waals surface area contributed by atoms with Crippen molar-refractivity contribution in [3.63, 3.8) is 0 Å². The van der Waals surface area contributed by atoms with Crippen LogP contribution in [0.2, 0.25) is 0 Å². The lowest BCUT2D eigenvalue weighted by Crippen LogP contribution is -2.25. The van der Waals surface area contributed by atoms with Crippen molar-refractivity contribution >= 4 is 13.9 Å². The van der Waals surface area contributed by atoms with Gasteiger partial charge >= 0.3 is 0 Å². The Hall–Kier alpha value is -3.00. The third kappa shape index (κ3) is 6.90. The van der Waals surface area contributed by atoms with Crippen LogP contribution in [-0.2, 0) is 22.7 Å². The lowest BCUT2D eigenvalue weighted by atomic mass is 9.85. The highest BCUT2D eigenvalue weighted by atomic mass is 31.1. The smallest absolute Gasteiger partial charge is 0.188 e. The average molecular weight is 529 g/mol. The molecule has 4 aromatic rings. The first kappa shape index (κ1) is 28.0. The molecule has 0 fully saturated rings. The van der Waals surface area contributed by atoms with Gasteiger partial charge in [0.1, 0.15) is 11.6 Å². The van der Waals surface area contributed by atoms with E-state index in [0.29, 0.717) is 0 Å². The molecule has 0 saturated carbocycles. The standard InChI is InChI=1S/C34H38FO2P/c1-4-20-34(5-2,38-32-19-13-12-18-31(32)35)30-24-28(21-26-14-8-6-9-15-26)23-29(33(30)37-25-36-3)22-27-16-10-7-11-17-27/h6-19,23-24,38H,4-5,20-22,25H2,1-3H3. The summed E-state index contributed by atoms with van der Waals surface area (Å²) in [5, 5.41) is 0.525. The molecule has 0 amide bonds. The van der Waals surface area contributed by atoms with Crippen molar-refractivity contribution in [3.05, 3.63) is 131 Å². The first-order chi connectivity index (χ1) is 18.6. The summed E-state index contributed by atoms with van der Waals surface area (Å²) >= 11 is 0. The van der Waals surface area contributed by atoms with Gasteiger partial charge in [0.2, 0.25) is 0 Å². The van der Waals surface area contributed by atoms with Crippen LogP contribution in [0.1, 0.15) is 60.9 Å². The third-order valence-corrected chi connectivity index (χ3v) is 9.11. The van der Waals surface area contributed by atoms with Crippen molar-refractivity contribution in [1.82, 2.24) is 0 Å². The summed E-state index contributed by atoms with van der Waals surface area (Å²) in [7, 11) is 1.94. The number of hydrogen-bond acceptors (Lipinski definition) is 2. The zero-order valence-electron chi connectivity index (χ0n) is 22.7. The SMILES string of the molecule is CCCC(CC)(Pc1ccccc1F)c1cc(Cc2ccccc2)cc(Cc2ccccc2)c1OCOC. The van der Waals surface area contributed by atoms with Crippen molar-refractivity contribution in [3.8, 4) is 5.75 Å². The van der Waals surface area contributed by atoms with Crippen molar-refractivity contribution in [2.45, 2.75) is 51.1 Å². The van der Waals surface area contributed by atoms with Crippen LogP contribution in [0.4, 0.5) is 4.39 Å². The van der Waals surface area contributed by atoms with Gasteiger partial charge in [0.25, 0.3) is 0 Å². The second-order valence-electron chi connectivity index (χ2n) is 9.80. The normalized spacial score (nSPS) is 13.1. The van der Waals surface area contributed by atoms with Crippen molar-refractivity contribution in [2.24, 2.45) is 0 Å². The molecule has 0 bridgehead atoms. The summed E-state index contributed by atoms with van der Waals surface area (Å²) in [4.78, 5) is 0. The highest BCUT2D eigenvalue weighted by molar-refractivity contribution is 7.48. The van der Waals surface area contributed by atoms with E-state index in [4.69, 9.17) is 9.47 Å². The molecule has 0 aromatic heterocycles. The second kappa shape index (κ2) is 13.7. The molecule has 4 heteroatoms. The number of halogens is 1. The maximum atomic E-state index is 15.0. The van der Waals surface area contributed by atoms with E-state index in [1.54, 1.807) is 19.2 Å². The Morgan fingerprint density at radius 1 is 0.763 bits per heavy atom. The van der Waals surface area contributed by atoms with E-state index < -0.39 is 0 Å². The molecule has 0 aliphatic rings. The van der Waals surface area contributed by atoms with Gasteiger partial charge in [-0.2, -0.15) is 0 Å². The minimum atomic E-state index is -0.252. The van der Waals surface area contributed by atoms with Crippen molar-refractivity contribution < 1.29 is 13.9 Å². The molecular formula is C34H38FO2P. The van der Waals surface area contributed by atoms with Gasteiger partial charge in [-0.25, -0.2) is 4.39 Å². The summed E-state index contributed by atoms with van der Waals surface area (Å²) in [5.74, 6) is 0.746. The van der Waals surface area contributed by atoms with Gasteiger partial charge in [-0.15, -0.1) is 0 Å². The minimum absolute atomic E-state index is 0.135. The van der Waals surface area contributed by atoms with Crippen LogP contribution < -0.4 is 10.0 Å². The molecule has 2 unspecified atom stereocenters. The summed E-state index contributed by atoms with van der Waals surface area (Å²) in [6, 6.07) is 32.9. The largest absolute Gasteiger partial charge is 0.467 e. The molecule has 2 nitrogen and oxygen atoms in total. The first-order valence-electron chi connectivity index (χ1n) is 13.5. The fraction of sp³-hybridized carbons (Fsp3) is 0.294. The monoisotopic (exact) mass is 528 g/mol. The zero-order valence-corrected chi connectivity index (χ0v) is 23.7. The highest BCUT2D eigenvalue weighted by Gasteiger charge is 2.35. The predicted molar refractivity (Wildman–Crippen MR) is 159 cm³/mol. The van der Waals surface area contributed by atoms with Gasteiger partial charge in [0, 0.05) is 29.6 Å². The van der Waals surface area contributed by atoms with E-state index >= 15 is 4.39 Å². The van der Waals surface area contributed by atoms with E-state index in [2.05, 4.69) is 80.6 Å². The van der Waals surface area contributed by atoms with E-state index in [9.17, 15) is 0 Å². The van der Waals surface area contributed by atoms with Gasteiger partial charge in [-0.05, 0) is 47.6 Å². The van der Waals surface area contributed by atoms with Gasteiger partial charge in [0.05, 0.1) is 0 Å². The quantitative estimate of drug-likeness (QED) is 0.128. The Morgan fingerprint density at radius 2 is 1.39 bits per heavy atom. The van der Waals surface area contributed by atoms with Crippen LogP contribution in [0, 0.1) is 5.82 Å². The molecule has 0 heterocycles. The van der Waals surface area contributed by atoms with Crippen molar-refractivity contribution in [1.29, 1.82) is 0 Å². The summed E-state index contributed by atoms with van der Waals surface area (Å²) in [6.07, 6.45) is 4.41. The van der Waals surface area contributed by atoms with Crippen LogP contribution in [-0.4, -0.2) is 13.9 Å². The molecule has 2 atom stereocenters. The Morgan fingerprint density at radius 3 is 2.00 bits per heavy atom. The van der Waals surface area contributed by atoms with Gasteiger partial charge in [-0.1, -0.05) is 120 Å². The summed E-state index contributed by atoms with van der Waals surface area (Å²) in [5.41, 5.74) is 6.05. The molecule has 0 radical (unpaired) electrons. The molecule has 0 aliphatic heterocycles. The average Bonchev–Trinajstić information content (AvgIpc) is 2.94. The van der Waals surface area contributed by atoms with Gasteiger partial charge in [0.15, 0.2) is 6.79 Å². The first-order valence-corrected chi connectivity index (χ1v) is 14.5. The van der Waals surface area contributed by atoms with Crippen LogP contribution in [0.5, 0.6) is 5.75 Å². The number of hydrogen-bond donors (Lipinski definition) is 0. The Labute approximate surface area is 229 Å². The van der Waals surface area contributed by atoms with Crippen LogP contribution in [0.3, 0.4) is 0 Å². The highest BCUT2D eigenvalue weighted by Crippen LogP contribution is 2.52. The minimum Gasteiger partial charge on any atom is -0.467 e. The number of ether oxygens (including phenoxy) is 2. The van der Waals surface area contributed by atoms with E-state index in [1.807, 2.05) is 18.2 Å². The molecule has 38 heavy (non-hydrogen) atoms. The number of rotatable bonds is 13. The van der Waals surface area contributed by atoms with Crippen LogP contribution in [0.15, 0.2) is 97.1 Å². The van der Waals surface area contributed by atoms with Gasteiger partial charge < -0.3 is 9.47 Å². The van der Waals surface area contributed by atoms with Crippen LogP contribution >= 0.6 is 8.58 Å². The molecule has 198 valence electrons. The molecule has 0 saturated heterocycles. The summed E-state index contributed by atoms with van der Waals surface area (Å²) < 4.78 is 26.8. The van der Waals surface area contributed by atoms with Gasteiger partial charge in [-0.3, -0.25) is 0 Å². The topological polar surface area (TPSA) is 18.5 Å². The molecule has 0 spiro atoms. The van der Waals surface area contributed by atoms with Crippen molar-refractivity contribution in [2.75, 3.05) is 13.9 Å². The lowest BCUT2D eigenvalue weighted by molar-refractivity contribution is 0.0492. The molecule has 0 aliphatic carbocycles. The maximum Gasteiger partial charge on any atom is 0.188 e. The second-order valence-corrected chi connectivity index (χ2v) is 11.5. The molecular weight excluding hydrogens is 490 g/mol. The molecule has 4 aromatic carbocycles. The predicted octanol–water partition coefficient (Wildman–Crippen LogP) is 8.40. The maximum absolute atomic E-state index is 15.0. The van der Waals surface area contributed by atoms with E-state index in [1.165, 1.54) is 22.3 Å². The zero-order chi connectivity index (χ0) is 26.8. The third-order valence-electron chi connectivity index (χ3n) is 7.08. The molecule has 4 rings (SSSR count). The Balaban J connectivity index is 1.92. The van der Waals surface area contributed by atoms with Crippen LogP contribution in [0.25, 0.3) is 0 Å². The van der Waals surface area contributed by atoms with E-state index in [-0.39, 0.29) is 26.3 Å². The Bertz CT molecular complexity index is 1290. The summed E-state index contributed by atoms with van der Waals surface area (Å²) in [6.45, 7) is 4.61. The number of methoxy groups -OCH3 is 1.